The highest BCUT2D eigenvalue weighted by Gasteiger charge is 2.27. The maximum absolute atomic E-state index is 13.8. The van der Waals surface area contributed by atoms with Crippen molar-refractivity contribution in [1.29, 1.82) is 0 Å². The van der Waals surface area contributed by atoms with Gasteiger partial charge in [0.1, 0.15) is 5.82 Å². The van der Waals surface area contributed by atoms with Crippen LogP contribution in [0.4, 0.5) is 4.39 Å². The van der Waals surface area contributed by atoms with Gasteiger partial charge in [0, 0.05) is 9.89 Å². The van der Waals surface area contributed by atoms with Gasteiger partial charge in [-0.15, -0.1) is 0 Å². The summed E-state index contributed by atoms with van der Waals surface area (Å²) in [6.45, 7) is 5.24. The van der Waals surface area contributed by atoms with Crippen molar-refractivity contribution in [3.05, 3.63) is 33.5 Å². The smallest absolute Gasteiger partial charge is 0.304 e. The fourth-order valence-electron chi connectivity index (χ4n) is 1.64. The molecule has 0 aromatic heterocycles. The number of hydrogen-bond donors (Lipinski definition) is 1. The summed E-state index contributed by atoms with van der Waals surface area (Å²) in [6.07, 6.45) is -0.0978. The number of aryl methyl sites for hydroxylation is 1. The van der Waals surface area contributed by atoms with Crippen LogP contribution in [0.15, 0.2) is 16.6 Å². The molecule has 0 amide bonds. The standard InChI is InChI=1S/C12H14BrFO2/c1-7-4-10(14)8(5-9(7)13)12(2,3)6-11(15)16/h4-5H,6H2,1-3H3,(H,15,16). The number of aliphatic carboxylic acids is 1. The summed E-state index contributed by atoms with van der Waals surface area (Å²) in [7, 11) is 0. The SMILES string of the molecule is Cc1cc(F)c(C(C)(C)CC(=O)O)cc1Br. The first-order chi connectivity index (χ1) is 7.24. The van der Waals surface area contributed by atoms with Gasteiger partial charge in [-0.2, -0.15) is 0 Å². The van der Waals surface area contributed by atoms with Crippen molar-refractivity contribution in [3.8, 4) is 0 Å². The third-order valence-electron chi connectivity index (χ3n) is 2.57. The number of hydrogen-bond acceptors (Lipinski definition) is 1. The maximum Gasteiger partial charge on any atom is 0.304 e. The second-order valence-corrected chi connectivity index (χ2v) is 5.39. The molecule has 0 spiro atoms. The Morgan fingerprint density at radius 3 is 2.56 bits per heavy atom. The lowest BCUT2D eigenvalue weighted by Gasteiger charge is -2.24. The minimum Gasteiger partial charge on any atom is -0.481 e. The van der Waals surface area contributed by atoms with Crippen molar-refractivity contribution in [3.63, 3.8) is 0 Å². The Morgan fingerprint density at radius 1 is 1.50 bits per heavy atom. The first-order valence-electron chi connectivity index (χ1n) is 4.92. The molecular formula is C12H14BrFO2. The summed E-state index contributed by atoms with van der Waals surface area (Å²) < 4.78 is 14.6. The van der Waals surface area contributed by atoms with Crippen LogP contribution < -0.4 is 0 Å². The van der Waals surface area contributed by atoms with Crippen LogP contribution in [0.3, 0.4) is 0 Å². The normalized spacial score (nSPS) is 11.6. The minimum atomic E-state index is -0.930. The van der Waals surface area contributed by atoms with Gasteiger partial charge >= 0.3 is 5.97 Å². The number of halogens is 2. The monoisotopic (exact) mass is 288 g/mol. The van der Waals surface area contributed by atoms with Gasteiger partial charge in [0.05, 0.1) is 6.42 Å². The lowest BCUT2D eigenvalue weighted by molar-refractivity contribution is -0.138. The van der Waals surface area contributed by atoms with Crippen LogP contribution in [-0.4, -0.2) is 11.1 Å². The topological polar surface area (TPSA) is 37.3 Å². The zero-order valence-electron chi connectivity index (χ0n) is 9.47. The lowest BCUT2D eigenvalue weighted by atomic mass is 9.81. The predicted molar refractivity (Wildman–Crippen MR) is 64.1 cm³/mol. The van der Waals surface area contributed by atoms with Crippen LogP contribution >= 0.6 is 15.9 Å². The van der Waals surface area contributed by atoms with E-state index in [2.05, 4.69) is 15.9 Å². The molecule has 1 rings (SSSR count). The van der Waals surface area contributed by atoms with Crippen molar-refractivity contribution in [2.75, 3.05) is 0 Å². The highest BCUT2D eigenvalue weighted by molar-refractivity contribution is 9.10. The van der Waals surface area contributed by atoms with E-state index in [1.807, 2.05) is 0 Å². The molecule has 1 aromatic carbocycles. The van der Waals surface area contributed by atoms with Crippen molar-refractivity contribution in [2.45, 2.75) is 32.6 Å². The van der Waals surface area contributed by atoms with Gasteiger partial charge in [-0.1, -0.05) is 29.8 Å². The van der Waals surface area contributed by atoms with Crippen molar-refractivity contribution < 1.29 is 14.3 Å². The number of carboxylic acids is 1. The molecular weight excluding hydrogens is 275 g/mol. The summed E-state index contributed by atoms with van der Waals surface area (Å²) in [5.74, 6) is -1.28. The van der Waals surface area contributed by atoms with E-state index < -0.39 is 11.4 Å². The molecule has 4 heteroatoms. The fraction of sp³-hybridized carbons (Fsp3) is 0.417. The summed E-state index contributed by atoms with van der Waals surface area (Å²) >= 11 is 3.32. The molecule has 88 valence electrons. The Balaban J connectivity index is 3.22. The highest BCUT2D eigenvalue weighted by atomic mass is 79.9. The van der Waals surface area contributed by atoms with Crippen LogP contribution in [0.25, 0.3) is 0 Å². The van der Waals surface area contributed by atoms with Gasteiger partial charge in [0.2, 0.25) is 0 Å². The van der Waals surface area contributed by atoms with Gasteiger partial charge in [-0.3, -0.25) is 4.79 Å². The predicted octanol–water partition coefficient (Wildman–Crippen LogP) is 3.65. The van der Waals surface area contributed by atoms with Crippen LogP contribution in [0.5, 0.6) is 0 Å². The van der Waals surface area contributed by atoms with E-state index in [-0.39, 0.29) is 12.2 Å². The number of carboxylic acid groups (broad SMARTS) is 1. The maximum atomic E-state index is 13.8. The lowest BCUT2D eigenvalue weighted by Crippen LogP contribution is -2.23. The Labute approximate surface area is 103 Å². The fourth-order valence-corrected chi connectivity index (χ4v) is 1.98. The van der Waals surface area contributed by atoms with Gasteiger partial charge in [0.15, 0.2) is 0 Å². The van der Waals surface area contributed by atoms with Crippen LogP contribution in [0, 0.1) is 12.7 Å². The van der Waals surface area contributed by atoms with Crippen molar-refractivity contribution >= 4 is 21.9 Å². The van der Waals surface area contributed by atoms with Crippen LogP contribution in [0.1, 0.15) is 31.4 Å². The Kier molecular flexibility index (Phi) is 3.73. The largest absolute Gasteiger partial charge is 0.481 e. The average molecular weight is 289 g/mol. The molecule has 0 unspecified atom stereocenters. The molecule has 0 atom stereocenters. The molecule has 0 fully saturated rings. The third-order valence-corrected chi connectivity index (χ3v) is 3.42. The molecule has 1 N–H and O–H groups in total. The van der Waals surface area contributed by atoms with Gasteiger partial charge in [0.25, 0.3) is 0 Å². The second kappa shape index (κ2) is 4.53. The number of carbonyl (C=O) groups is 1. The molecule has 0 radical (unpaired) electrons. The zero-order valence-corrected chi connectivity index (χ0v) is 11.1. The van der Waals surface area contributed by atoms with E-state index in [1.54, 1.807) is 26.8 Å². The number of benzene rings is 1. The van der Waals surface area contributed by atoms with E-state index in [0.29, 0.717) is 5.56 Å². The van der Waals surface area contributed by atoms with Crippen LogP contribution in [0.2, 0.25) is 0 Å². The van der Waals surface area contributed by atoms with E-state index in [1.165, 1.54) is 6.07 Å². The number of rotatable bonds is 3. The molecule has 0 heterocycles. The Morgan fingerprint density at radius 2 is 2.06 bits per heavy atom. The Bertz CT molecular complexity index is 427. The average Bonchev–Trinajstić information content (AvgIpc) is 2.08. The molecule has 0 bridgehead atoms. The highest BCUT2D eigenvalue weighted by Crippen LogP contribution is 2.32. The molecule has 16 heavy (non-hydrogen) atoms. The molecule has 2 nitrogen and oxygen atoms in total. The van der Waals surface area contributed by atoms with Crippen LogP contribution in [-0.2, 0) is 10.2 Å². The van der Waals surface area contributed by atoms with Gasteiger partial charge < -0.3 is 5.11 Å². The molecule has 0 aliphatic heterocycles. The first kappa shape index (κ1) is 13.2. The minimum absolute atomic E-state index is 0.0978. The Hall–Kier alpha value is -0.900. The van der Waals surface area contributed by atoms with E-state index in [0.717, 1.165) is 10.0 Å². The van der Waals surface area contributed by atoms with E-state index in [4.69, 9.17) is 5.11 Å². The van der Waals surface area contributed by atoms with E-state index >= 15 is 0 Å². The summed E-state index contributed by atoms with van der Waals surface area (Å²) in [6, 6.07) is 3.08. The van der Waals surface area contributed by atoms with E-state index in [9.17, 15) is 9.18 Å². The second-order valence-electron chi connectivity index (χ2n) is 4.54. The van der Waals surface area contributed by atoms with Gasteiger partial charge in [-0.25, -0.2) is 4.39 Å². The summed E-state index contributed by atoms with van der Waals surface area (Å²) in [5, 5.41) is 8.79. The summed E-state index contributed by atoms with van der Waals surface area (Å²) in [5.41, 5.74) is 0.506. The summed E-state index contributed by atoms with van der Waals surface area (Å²) in [4.78, 5) is 10.7. The zero-order chi connectivity index (χ0) is 12.5. The third kappa shape index (κ3) is 2.82. The quantitative estimate of drug-likeness (QED) is 0.922. The molecule has 0 aliphatic carbocycles. The first-order valence-corrected chi connectivity index (χ1v) is 5.71. The van der Waals surface area contributed by atoms with Gasteiger partial charge in [-0.05, 0) is 30.2 Å². The molecule has 0 aliphatic rings. The van der Waals surface area contributed by atoms with Crippen molar-refractivity contribution in [1.82, 2.24) is 0 Å². The molecule has 1 aromatic rings. The molecule has 0 saturated heterocycles. The molecule has 0 saturated carbocycles. The van der Waals surface area contributed by atoms with Crippen molar-refractivity contribution in [2.24, 2.45) is 0 Å².